The Bertz CT molecular complexity index is 540. The number of hydrogen-bond donors (Lipinski definition) is 1. The average molecular weight is 336 g/mol. The number of nitrogens with zero attached hydrogens (tertiary/aromatic N) is 2. The number of ketones is 1. The van der Waals surface area contributed by atoms with Gasteiger partial charge in [-0.3, -0.25) is 14.4 Å². The zero-order valence-corrected chi connectivity index (χ0v) is 14.4. The maximum Gasteiger partial charge on any atom is 0.352 e. The Kier molecular flexibility index (Phi) is 7.35. The Morgan fingerprint density at radius 2 is 1.33 bits per heavy atom. The molecule has 2 saturated heterocycles. The van der Waals surface area contributed by atoms with Gasteiger partial charge in [0.2, 0.25) is 11.8 Å². The Balaban J connectivity index is 0.000000240. The Morgan fingerprint density at radius 3 is 1.58 bits per heavy atom. The molecule has 0 aromatic rings. The summed E-state index contributed by atoms with van der Waals surface area (Å²) in [5.74, 6) is -1.09. The van der Waals surface area contributed by atoms with Crippen molar-refractivity contribution in [3.63, 3.8) is 0 Å². The van der Waals surface area contributed by atoms with E-state index < -0.39 is 5.97 Å². The fraction of sp³-hybridized carbons (Fsp3) is 0.529. The first-order chi connectivity index (χ1) is 11.3. The second kappa shape index (κ2) is 9.00. The predicted molar refractivity (Wildman–Crippen MR) is 87.7 cm³/mol. The summed E-state index contributed by atoms with van der Waals surface area (Å²) in [7, 11) is 0. The van der Waals surface area contributed by atoms with Crippen molar-refractivity contribution in [3.05, 3.63) is 23.5 Å². The van der Waals surface area contributed by atoms with Gasteiger partial charge < -0.3 is 14.9 Å². The quantitative estimate of drug-likeness (QED) is 0.788. The normalized spacial score (nSPS) is 18.6. The van der Waals surface area contributed by atoms with Crippen LogP contribution in [0.2, 0.25) is 0 Å². The number of carbonyl (C=O) groups excluding carboxylic acids is 3. The first-order valence-corrected chi connectivity index (χ1v) is 8.01. The molecule has 7 heteroatoms. The Morgan fingerprint density at radius 1 is 0.917 bits per heavy atom. The molecule has 0 aromatic heterocycles. The van der Waals surface area contributed by atoms with Crippen LogP contribution in [0.3, 0.4) is 0 Å². The molecule has 2 aliphatic heterocycles. The lowest BCUT2D eigenvalue weighted by Crippen LogP contribution is -2.28. The van der Waals surface area contributed by atoms with Crippen molar-refractivity contribution in [1.29, 1.82) is 0 Å². The molecule has 2 heterocycles. The third-order valence-electron chi connectivity index (χ3n) is 3.86. The summed E-state index contributed by atoms with van der Waals surface area (Å²) in [4.78, 5) is 46.9. The van der Waals surface area contributed by atoms with Crippen molar-refractivity contribution in [2.45, 2.75) is 46.5 Å². The molecular weight excluding hydrogens is 312 g/mol. The van der Waals surface area contributed by atoms with E-state index in [9.17, 15) is 19.2 Å². The Labute approximate surface area is 141 Å². The van der Waals surface area contributed by atoms with Crippen molar-refractivity contribution in [1.82, 2.24) is 9.80 Å². The van der Waals surface area contributed by atoms with Crippen LogP contribution >= 0.6 is 0 Å². The molecule has 0 spiro atoms. The number of carboxylic acid groups (broad SMARTS) is 1. The Hall–Kier alpha value is -2.44. The van der Waals surface area contributed by atoms with Gasteiger partial charge in [0.25, 0.3) is 0 Å². The van der Waals surface area contributed by atoms with Crippen LogP contribution in [-0.4, -0.2) is 51.6 Å². The highest BCUT2D eigenvalue weighted by molar-refractivity contribution is 5.97. The van der Waals surface area contributed by atoms with E-state index in [1.54, 1.807) is 24.8 Å². The number of hydrogen-bond acceptors (Lipinski definition) is 4. The summed E-state index contributed by atoms with van der Waals surface area (Å²) in [6, 6.07) is 0. The van der Waals surface area contributed by atoms with Crippen molar-refractivity contribution in [2.24, 2.45) is 0 Å². The van der Waals surface area contributed by atoms with Crippen molar-refractivity contribution >= 4 is 23.6 Å². The van der Waals surface area contributed by atoms with E-state index in [1.165, 1.54) is 17.9 Å². The summed E-state index contributed by atoms with van der Waals surface area (Å²) in [5, 5.41) is 8.69. The highest BCUT2D eigenvalue weighted by atomic mass is 16.4. The van der Waals surface area contributed by atoms with Crippen LogP contribution in [0.5, 0.6) is 0 Å². The number of allylic oxidation sites excluding steroid dienone is 3. The van der Waals surface area contributed by atoms with Gasteiger partial charge >= 0.3 is 5.97 Å². The minimum Gasteiger partial charge on any atom is -0.477 e. The molecule has 2 fully saturated rings. The van der Waals surface area contributed by atoms with Crippen molar-refractivity contribution in [2.75, 3.05) is 13.1 Å². The largest absolute Gasteiger partial charge is 0.477 e. The second-order valence-corrected chi connectivity index (χ2v) is 5.51. The van der Waals surface area contributed by atoms with E-state index in [0.29, 0.717) is 31.6 Å². The van der Waals surface area contributed by atoms with Gasteiger partial charge in [-0.15, -0.1) is 0 Å². The third kappa shape index (κ3) is 4.78. The zero-order valence-electron chi connectivity index (χ0n) is 14.4. The lowest BCUT2D eigenvalue weighted by molar-refractivity contribution is -0.138. The summed E-state index contributed by atoms with van der Waals surface area (Å²) in [6.07, 6.45) is 5.80. The molecule has 0 saturated carbocycles. The van der Waals surface area contributed by atoms with E-state index in [1.807, 2.05) is 0 Å². The highest BCUT2D eigenvalue weighted by Crippen LogP contribution is 2.17. The fourth-order valence-corrected chi connectivity index (χ4v) is 2.75. The minimum atomic E-state index is -1.03. The molecule has 0 aromatic carbocycles. The van der Waals surface area contributed by atoms with Crippen LogP contribution in [0.25, 0.3) is 0 Å². The monoisotopic (exact) mass is 336 g/mol. The van der Waals surface area contributed by atoms with Crippen LogP contribution < -0.4 is 0 Å². The summed E-state index contributed by atoms with van der Waals surface area (Å²) < 4.78 is 0. The molecular formula is C17H24N2O5. The molecule has 2 rings (SSSR count). The SMILES string of the molecule is C/C=C(/C(=O)O)N1CCCC1=O.C/C=C(\C(C)=O)N1CCCC1=O. The maximum absolute atomic E-state index is 11.2. The first kappa shape index (κ1) is 19.6. The van der Waals surface area contributed by atoms with Gasteiger partial charge in [-0.05, 0) is 26.7 Å². The van der Waals surface area contributed by atoms with Gasteiger partial charge in [0.15, 0.2) is 5.78 Å². The number of aliphatic carboxylic acids is 1. The van der Waals surface area contributed by atoms with Crippen LogP contribution in [0.15, 0.2) is 23.5 Å². The fourth-order valence-electron chi connectivity index (χ4n) is 2.75. The number of Topliss-reactive ketones (excluding diaryl/α,β-unsaturated/α-hetero) is 1. The number of rotatable bonds is 4. The van der Waals surface area contributed by atoms with Gasteiger partial charge in [-0.25, -0.2) is 4.79 Å². The molecule has 0 bridgehead atoms. The molecule has 0 radical (unpaired) electrons. The molecule has 2 amide bonds. The zero-order chi connectivity index (χ0) is 18.3. The van der Waals surface area contributed by atoms with Crippen molar-refractivity contribution in [3.8, 4) is 0 Å². The lowest BCUT2D eigenvalue weighted by Gasteiger charge is -2.16. The van der Waals surface area contributed by atoms with Crippen LogP contribution in [0, 0.1) is 0 Å². The van der Waals surface area contributed by atoms with E-state index in [2.05, 4.69) is 0 Å². The van der Waals surface area contributed by atoms with Crippen LogP contribution in [0.1, 0.15) is 46.5 Å². The molecule has 0 atom stereocenters. The van der Waals surface area contributed by atoms with Crippen LogP contribution in [-0.2, 0) is 19.2 Å². The van der Waals surface area contributed by atoms with Crippen molar-refractivity contribution < 1.29 is 24.3 Å². The molecule has 2 aliphatic rings. The molecule has 24 heavy (non-hydrogen) atoms. The van der Waals surface area contributed by atoms with E-state index in [0.717, 1.165) is 12.8 Å². The van der Waals surface area contributed by atoms with Gasteiger partial charge in [0.05, 0.1) is 5.70 Å². The summed E-state index contributed by atoms with van der Waals surface area (Å²) >= 11 is 0. The van der Waals surface area contributed by atoms with E-state index >= 15 is 0 Å². The summed E-state index contributed by atoms with van der Waals surface area (Å²) in [5.41, 5.74) is 0.634. The molecule has 132 valence electrons. The number of carboxylic acids is 1. The van der Waals surface area contributed by atoms with Gasteiger partial charge in [-0.2, -0.15) is 0 Å². The average Bonchev–Trinajstić information content (AvgIpc) is 3.11. The predicted octanol–water partition coefficient (Wildman–Crippen LogP) is 1.70. The first-order valence-electron chi connectivity index (χ1n) is 8.01. The lowest BCUT2D eigenvalue weighted by atomic mass is 10.3. The standard InChI is InChI=1S/C9H13NO2.C8H11NO3/c1-3-8(7(2)11)10-6-4-5-9(10)12;1-2-6(8(11)12)9-5-3-4-7(9)10/h3H,4-6H2,1-2H3;2H,3-5H2,1H3,(H,11,12)/b8-3+;6-2-. The van der Waals surface area contributed by atoms with Gasteiger partial charge in [0.1, 0.15) is 5.70 Å². The molecule has 0 unspecified atom stereocenters. The number of amides is 2. The molecule has 1 N–H and O–H groups in total. The molecule has 7 nitrogen and oxygen atoms in total. The third-order valence-corrected chi connectivity index (χ3v) is 3.86. The topological polar surface area (TPSA) is 95.0 Å². The van der Waals surface area contributed by atoms with Gasteiger partial charge in [0, 0.05) is 32.9 Å². The van der Waals surface area contributed by atoms with E-state index in [4.69, 9.17) is 5.11 Å². The number of carbonyl (C=O) groups is 4. The number of likely N-dealkylation sites (tertiary alicyclic amines) is 2. The van der Waals surface area contributed by atoms with Gasteiger partial charge in [-0.1, -0.05) is 12.2 Å². The highest BCUT2D eigenvalue weighted by Gasteiger charge is 2.26. The van der Waals surface area contributed by atoms with Crippen LogP contribution in [0.4, 0.5) is 0 Å². The maximum atomic E-state index is 11.2. The molecule has 0 aliphatic carbocycles. The van der Waals surface area contributed by atoms with E-state index in [-0.39, 0.29) is 23.3 Å². The second-order valence-electron chi connectivity index (χ2n) is 5.51. The minimum absolute atomic E-state index is 0.0345. The summed E-state index contributed by atoms with van der Waals surface area (Å²) in [6.45, 7) is 6.11. The smallest absolute Gasteiger partial charge is 0.352 e.